The summed E-state index contributed by atoms with van der Waals surface area (Å²) in [7, 11) is -2.84. The van der Waals surface area contributed by atoms with E-state index in [0.29, 0.717) is 12.8 Å². The lowest BCUT2D eigenvalue weighted by atomic mass is 10.2. The number of carbonyl (C=O) groups is 1. The minimum absolute atomic E-state index is 0.0209. The second kappa shape index (κ2) is 8.20. The highest BCUT2D eigenvalue weighted by Crippen LogP contribution is 2.33. The summed E-state index contributed by atoms with van der Waals surface area (Å²) in [6.45, 7) is 0.869. The summed E-state index contributed by atoms with van der Waals surface area (Å²) in [5.41, 5.74) is -0.999. The molecule has 2 atom stereocenters. The summed E-state index contributed by atoms with van der Waals surface area (Å²) in [5.74, 6) is -1.35. The second-order valence-electron chi connectivity index (χ2n) is 7.51. The van der Waals surface area contributed by atoms with Crippen LogP contribution in [0.3, 0.4) is 0 Å². The first-order chi connectivity index (χ1) is 15.4. The first-order valence-corrected chi connectivity index (χ1v) is 11.5. The van der Waals surface area contributed by atoms with Crippen molar-refractivity contribution >= 4 is 21.3 Å². The molecule has 176 valence electrons. The molecule has 0 bridgehead atoms. The molecule has 2 unspecified atom stereocenters. The van der Waals surface area contributed by atoms with Crippen LogP contribution < -0.4 is 5.32 Å². The molecule has 0 saturated carbocycles. The number of alkyl halides is 3. The lowest BCUT2D eigenvalue weighted by Gasteiger charge is -2.09. The topological polar surface area (TPSA) is 131 Å². The third kappa shape index (κ3) is 4.72. The highest BCUT2D eigenvalue weighted by Gasteiger charge is 2.35. The zero-order valence-electron chi connectivity index (χ0n) is 17.1. The van der Waals surface area contributed by atoms with Crippen LogP contribution in [0.2, 0.25) is 0 Å². The molecule has 3 aromatic heterocycles. The molecule has 1 amide bonds. The lowest BCUT2D eigenvalue weighted by Crippen LogP contribution is -2.21. The van der Waals surface area contributed by atoms with Crippen LogP contribution in [0.15, 0.2) is 24.7 Å². The van der Waals surface area contributed by atoms with Crippen molar-refractivity contribution in [1.82, 2.24) is 29.5 Å². The van der Waals surface area contributed by atoms with Crippen molar-refractivity contribution in [2.75, 3.05) is 11.1 Å². The molecule has 10 nitrogen and oxygen atoms in total. The van der Waals surface area contributed by atoms with Crippen molar-refractivity contribution in [2.45, 2.75) is 37.7 Å². The van der Waals surface area contributed by atoms with Crippen LogP contribution in [-0.2, 0) is 27.2 Å². The third-order valence-corrected chi connectivity index (χ3v) is 7.32. The van der Waals surface area contributed by atoms with E-state index < -0.39 is 45.1 Å². The predicted octanol–water partition coefficient (Wildman–Crippen LogP) is 2.85. The summed E-state index contributed by atoms with van der Waals surface area (Å²) in [6, 6.07) is 1.79. The van der Waals surface area contributed by atoms with Gasteiger partial charge in [0.15, 0.2) is 23.2 Å². The Balaban J connectivity index is 1.46. The van der Waals surface area contributed by atoms with Gasteiger partial charge < -0.3 is 5.32 Å². The summed E-state index contributed by atoms with van der Waals surface area (Å²) < 4.78 is 75.0. The molecule has 2 N–H and O–H groups in total. The van der Waals surface area contributed by atoms with Crippen molar-refractivity contribution < 1.29 is 26.6 Å². The monoisotopic (exact) mass is 486 g/mol. The standard InChI is InChI=1S/C18H18F4N8O2S/c1-10-5-14(18(20,21)22)27-29(10)8-15(31)26-11-6-12(19)17(24-7-11)30-9-25-16(28-30)13-3-2-4-33(13,23)32/h5-7,9,13,23H,2-4,8H2,1H3,(H,26,31). The van der Waals surface area contributed by atoms with Gasteiger partial charge in [-0.2, -0.15) is 23.0 Å². The smallest absolute Gasteiger partial charge is 0.323 e. The van der Waals surface area contributed by atoms with Gasteiger partial charge in [-0.25, -0.2) is 18.6 Å². The molecule has 3 aromatic rings. The van der Waals surface area contributed by atoms with Crippen LogP contribution in [0.25, 0.3) is 5.82 Å². The fraction of sp³-hybridized carbons (Fsp3) is 0.389. The Kier molecular flexibility index (Phi) is 5.67. The van der Waals surface area contributed by atoms with Gasteiger partial charge in [0.05, 0.1) is 21.6 Å². The average molecular weight is 486 g/mol. The van der Waals surface area contributed by atoms with E-state index in [4.69, 9.17) is 4.78 Å². The summed E-state index contributed by atoms with van der Waals surface area (Å²) >= 11 is 0. The Hall–Kier alpha value is -3.36. The van der Waals surface area contributed by atoms with E-state index in [-0.39, 0.29) is 28.8 Å². The van der Waals surface area contributed by atoms with Crippen LogP contribution in [0, 0.1) is 17.5 Å². The molecule has 1 aliphatic rings. The van der Waals surface area contributed by atoms with Crippen molar-refractivity contribution in [3.63, 3.8) is 0 Å². The first-order valence-electron chi connectivity index (χ1n) is 9.68. The van der Waals surface area contributed by atoms with Crippen molar-refractivity contribution in [3.05, 3.63) is 47.7 Å². The average Bonchev–Trinajstić information content (AvgIpc) is 3.40. The highest BCUT2D eigenvalue weighted by atomic mass is 32.2. The van der Waals surface area contributed by atoms with Gasteiger partial charge in [0.25, 0.3) is 0 Å². The Bertz CT molecular complexity index is 1320. The number of halogens is 4. The lowest BCUT2D eigenvalue weighted by molar-refractivity contribution is -0.141. The number of rotatable bonds is 5. The Morgan fingerprint density at radius 3 is 2.67 bits per heavy atom. The number of aryl methyl sites for hydroxylation is 1. The van der Waals surface area contributed by atoms with E-state index in [1.807, 2.05) is 0 Å². The maximum atomic E-state index is 14.6. The molecule has 0 spiro atoms. The number of hydrogen-bond acceptors (Lipinski definition) is 7. The van der Waals surface area contributed by atoms with Crippen molar-refractivity contribution in [1.29, 1.82) is 4.78 Å². The molecule has 0 aliphatic carbocycles. The number of pyridine rings is 1. The van der Waals surface area contributed by atoms with Gasteiger partial charge >= 0.3 is 6.18 Å². The molecule has 15 heteroatoms. The van der Waals surface area contributed by atoms with Crippen molar-refractivity contribution in [3.8, 4) is 5.82 Å². The fourth-order valence-corrected chi connectivity index (χ4v) is 5.33. The summed E-state index contributed by atoms with van der Waals surface area (Å²) in [5, 5.41) is 9.21. The van der Waals surface area contributed by atoms with Gasteiger partial charge in [0.2, 0.25) is 5.91 Å². The van der Waals surface area contributed by atoms with Crippen LogP contribution in [0.1, 0.15) is 35.3 Å². The number of aromatic nitrogens is 6. The third-order valence-electron chi connectivity index (χ3n) is 5.06. The van der Waals surface area contributed by atoms with Crippen LogP contribution in [-0.4, -0.2) is 45.4 Å². The normalized spacial score (nSPS) is 20.8. The van der Waals surface area contributed by atoms with Gasteiger partial charge in [0, 0.05) is 17.5 Å². The number of carbonyl (C=O) groups excluding carboxylic acids is 1. The van der Waals surface area contributed by atoms with Gasteiger partial charge in [-0.3, -0.25) is 14.3 Å². The molecule has 1 fully saturated rings. The zero-order valence-corrected chi connectivity index (χ0v) is 18.0. The molecule has 1 aliphatic heterocycles. The molecule has 33 heavy (non-hydrogen) atoms. The van der Waals surface area contributed by atoms with Crippen LogP contribution >= 0.6 is 0 Å². The number of anilines is 1. The minimum Gasteiger partial charge on any atom is -0.323 e. The number of hydrogen-bond donors (Lipinski definition) is 2. The van der Waals surface area contributed by atoms with Crippen LogP contribution in [0.5, 0.6) is 0 Å². The van der Waals surface area contributed by atoms with Gasteiger partial charge in [-0.15, -0.1) is 5.10 Å². The van der Waals surface area contributed by atoms with E-state index in [9.17, 15) is 26.6 Å². The van der Waals surface area contributed by atoms with Gasteiger partial charge in [0.1, 0.15) is 18.1 Å². The minimum atomic E-state index is -4.63. The number of nitrogens with zero attached hydrogens (tertiary/aromatic N) is 6. The molecule has 0 radical (unpaired) electrons. The number of amides is 1. The van der Waals surface area contributed by atoms with E-state index in [2.05, 4.69) is 25.5 Å². The molecular formula is C18H18F4N8O2S. The fourth-order valence-electron chi connectivity index (χ4n) is 3.45. The summed E-state index contributed by atoms with van der Waals surface area (Å²) in [4.78, 5) is 20.2. The van der Waals surface area contributed by atoms with Gasteiger partial charge in [-0.1, -0.05) is 0 Å². The molecule has 0 aromatic carbocycles. The summed E-state index contributed by atoms with van der Waals surface area (Å²) in [6.07, 6.45) is -1.15. The zero-order chi connectivity index (χ0) is 24.0. The van der Waals surface area contributed by atoms with E-state index in [1.54, 1.807) is 0 Å². The van der Waals surface area contributed by atoms with E-state index in [1.165, 1.54) is 13.3 Å². The second-order valence-corrected chi connectivity index (χ2v) is 9.94. The van der Waals surface area contributed by atoms with Crippen LogP contribution in [0.4, 0.5) is 23.2 Å². The SMILES string of the molecule is Cc1cc(C(F)(F)F)nn1CC(=O)Nc1cnc(-n2cnc(C3CCCS3(=N)=O)n2)c(F)c1. The number of nitrogens with one attached hydrogen (secondary N) is 2. The maximum Gasteiger partial charge on any atom is 0.435 e. The maximum absolute atomic E-state index is 14.6. The van der Waals surface area contributed by atoms with Gasteiger partial charge in [-0.05, 0) is 25.8 Å². The molecule has 4 heterocycles. The largest absolute Gasteiger partial charge is 0.435 e. The Morgan fingerprint density at radius 1 is 1.30 bits per heavy atom. The predicted molar refractivity (Wildman–Crippen MR) is 107 cm³/mol. The van der Waals surface area contributed by atoms with E-state index in [0.717, 1.165) is 27.7 Å². The highest BCUT2D eigenvalue weighted by molar-refractivity contribution is 7.92. The van der Waals surface area contributed by atoms with E-state index >= 15 is 0 Å². The molecule has 1 saturated heterocycles. The molecule has 4 rings (SSSR count). The van der Waals surface area contributed by atoms with Crippen molar-refractivity contribution in [2.24, 2.45) is 0 Å². The Labute approximate surface area is 185 Å². The molecular weight excluding hydrogens is 468 g/mol. The first kappa shape index (κ1) is 22.8. The quantitative estimate of drug-likeness (QED) is 0.533. The Morgan fingerprint density at radius 2 is 2.06 bits per heavy atom.